The standard InChI is InChI=1S/C10H10BFN2O2/c12-10-6-9(11(15)16)3-2-8(10)7-14-5-1-4-13-14/h1-6,15-16H,7H2. The second-order valence-electron chi connectivity index (χ2n) is 3.43. The van der Waals surface area contributed by atoms with Gasteiger partial charge in [0.1, 0.15) is 5.82 Å². The normalized spacial score (nSPS) is 10.4. The average molecular weight is 220 g/mol. The highest BCUT2D eigenvalue weighted by Gasteiger charge is 2.13. The second-order valence-corrected chi connectivity index (χ2v) is 3.43. The molecule has 4 nitrogen and oxygen atoms in total. The molecule has 0 aliphatic carbocycles. The summed E-state index contributed by atoms with van der Waals surface area (Å²) < 4.78 is 15.1. The van der Waals surface area contributed by atoms with Gasteiger partial charge in [-0.1, -0.05) is 12.1 Å². The number of benzene rings is 1. The molecule has 2 rings (SSSR count). The summed E-state index contributed by atoms with van der Waals surface area (Å²) in [5.74, 6) is -0.471. The van der Waals surface area contributed by atoms with Gasteiger partial charge in [0.05, 0.1) is 6.54 Å². The van der Waals surface area contributed by atoms with Gasteiger partial charge < -0.3 is 10.0 Å². The molecule has 1 aromatic carbocycles. The molecule has 2 N–H and O–H groups in total. The molecular weight excluding hydrogens is 210 g/mol. The van der Waals surface area contributed by atoms with Gasteiger partial charge >= 0.3 is 7.12 Å². The fourth-order valence-electron chi connectivity index (χ4n) is 1.42. The first-order valence-corrected chi connectivity index (χ1v) is 4.78. The van der Waals surface area contributed by atoms with Crippen molar-refractivity contribution in [3.05, 3.63) is 48.0 Å². The van der Waals surface area contributed by atoms with Crippen LogP contribution in [0.1, 0.15) is 5.56 Å². The Morgan fingerprint density at radius 3 is 2.75 bits per heavy atom. The zero-order chi connectivity index (χ0) is 11.5. The predicted octanol–water partition coefficient (Wildman–Crippen LogP) is -0.250. The van der Waals surface area contributed by atoms with E-state index in [0.717, 1.165) is 6.07 Å². The topological polar surface area (TPSA) is 58.3 Å². The van der Waals surface area contributed by atoms with Crippen LogP contribution in [0.4, 0.5) is 4.39 Å². The molecular formula is C10H10BFN2O2. The number of halogens is 1. The van der Waals surface area contributed by atoms with Crippen LogP contribution in [0.3, 0.4) is 0 Å². The summed E-state index contributed by atoms with van der Waals surface area (Å²) in [4.78, 5) is 0. The lowest BCUT2D eigenvalue weighted by atomic mass is 9.80. The molecule has 1 heterocycles. The Bertz CT molecular complexity index is 474. The number of aromatic nitrogens is 2. The summed E-state index contributed by atoms with van der Waals surface area (Å²) in [6, 6.07) is 5.87. The Kier molecular flexibility index (Phi) is 3.03. The van der Waals surface area contributed by atoms with Crippen LogP contribution in [-0.4, -0.2) is 26.9 Å². The number of hydrogen-bond donors (Lipinski definition) is 2. The average Bonchev–Trinajstić information content (AvgIpc) is 2.73. The van der Waals surface area contributed by atoms with Gasteiger partial charge in [-0.05, 0) is 17.6 Å². The van der Waals surface area contributed by atoms with E-state index in [4.69, 9.17) is 10.0 Å². The molecule has 0 spiro atoms. The first-order chi connectivity index (χ1) is 7.66. The molecule has 0 saturated heterocycles. The molecule has 0 fully saturated rings. The van der Waals surface area contributed by atoms with Crippen molar-refractivity contribution in [2.75, 3.05) is 0 Å². The lowest BCUT2D eigenvalue weighted by Crippen LogP contribution is -2.30. The molecule has 0 atom stereocenters. The number of rotatable bonds is 3. The summed E-state index contributed by atoms with van der Waals surface area (Å²) in [7, 11) is -1.65. The van der Waals surface area contributed by atoms with Gasteiger partial charge in [-0.25, -0.2) is 4.39 Å². The Balaban J connectivity index is 2.23. The number of nitrogens with zero attached hydrogens (tertiary/aromatic N) is 2. The summed E-state index contributed by atoms with van der Waals surface area (Å²) >= 11 is 0. The van der Waals surface area contributed by atoms with E-state index in [9.17, 15) is 4.39 Å². The van der Waals surface area contributed by atoms with Crippen molar-refractivity contribution >= 4 is 12.6 Å². The summed E-state index contributed by atoms with van der Waals surface area (Å²) in [6.07, 6.45) is 3.35. The maximum Gasteiger partial charge on any atom is 0.488 e. The third kappa shape index (κ3) is 2.29. The molecule has 0 bridgehead atoms. The van der Waals surface area contributed by atoms with Gasteiger partial charge in [-0.2, -0.15) is 5.10 Å². The van der Waals surface area contributed by atoms with Gasteiger partial charge in [0.25, 0.3) is 0 Å². The van der Waals surface area contributed by atoms with Crippen LogP contribution in [0.2, 0.25) is 0 Å². The summed E-state index contributed by atoms with van der Waals surface area (Å²) in [5.41, 5.74) is 0.592. The predicted molar refractivity (Wildman–Crippen MR) is 57.6 cm³/mol. The van der Waals surface area contributed by atoms with Crippen LogP contribution in [0.25, 0.3) is 0 Å². The van der Waals surface area contributed by atoms with Crippen molar-refractivity contribution in [2.45, 2.75) is 6.54 Å². The minimum Gasteiger partial charge on any atom is -0.423 e. The fourth-order valence-corrected chi connectivity index (χ4v) is 1.42. The third-order valence-electron chi connectivity index (χ3n) is 2.27. The molecule has 1 aromatic heterocycles. The van der Waals surface area contributed by atoms with Crippen molar-refractivity contribution < 1.29 is 14.4 Å². The van der Waals surface area contributed by atoms with Crippen molar-refractivity contribution in [3.63, 3.8) is 0 Å². The molecule has 0 amide bonds. The van der Waals surface area contributed by atoms with Gasteiger partial charge in [0.15, 0.2) is 0 Å². The zero-order valence-corrected chi connectivity index (χ0v) is 8.42. The van der Waals surface area contributed by atoms with E-state index in [-0.39, 0.29) is 5.46 Å². The van der Waals surface area contributed by atoms with Crippen molar-refractivity contribution in [1.82, 2.24) is 9.78 Å². The smallest absolute Gasteiger partial charge is 0.423 e. The molecule has 0 aliphatic rings. The summed E-state index contributed by atoms with van der Waals surface area (Å²) in [6.45, 7) is 0.320. The van der Waals surface area contributed by atoms with Gasteiger partial charge in [-0.15, -0.1) is 0 Å². The van der Waals surface area contributed by atoms with E-state index in [0.29, 0.717) is 12.1 Å². The van der Waals surface area contributed by atoms with Crippen LogP contribution >= 0.6 is 0 Å². The lowest BCUT2D eigenvalue weighted by Gasteiger charge is -2.05. The molecule has 0 radical (unpaired) electrons. The highest BCUT2D eigenvalue weighted by atomic mass is 19.1. The first kappa shape index (κ1) is 10.8. The summed E-state index contributed by atoms with van der Waals surface area (Å²) in [5, 5.41) is 21.7. The SMILES string of the molecule is OB(O)c1ccc(Cn2cccn2)c(F)c1. The Morgan fingerprint density at radius 2 is 2.19 bits per heavy atom. The first-order valence-electron chi connectivity index (χ1n) is 4.78. The maximum absolute atomic E-state index is 13.5. The Morgan fingerprint density at radius 1 is 1.38 bits per heavy atom. The molecule has 0 aliphatic heterocycles. The molecule has 82 valence electrons. The minimum atomic E-state index is -1.65. The number of hydrogen-bond acceptors (Lipinski definition) is 3. The quantitative estimate of drug-likeness (QED) is 0.701. The van der Waals surface area contributed by atoms with E-state index < -0.39 is 12.9 Å². The van der Waals surface area contributed by atoms with Crippen LogP contribution in [0.15, 0.2) is 36.7 Å². The van der Waals surface area contributed by atoms with Gasteiger partial charge in [0.2, 0.25) is 0 Å². The van der Waals surface area contributed by atoms with E-state index in [2.05, 4.69) is 5.10 Å². The molecule has 16 heavy (non-hydrogen) atoms. The Labute approximate surface area is 92.1 Å². The lowest BCUT2D eigenvalue weighted by molar-refractivity contribution is 0.425. The van der Waals surface area contributed by atoms with Crippen LogP contribution in [0.5, 0.6) is 0 Å². The van der Waals surface area contributed by atoms with Crippen molar-refractivity contribution in [3.8, 4) is 0 Å². The highest BCUT2D eigenvalue weighted by Crippen LogP contribution is 2.07. The molecule has 0 saturated carbocycles. The maximum atomic E-state index is 13.5. The van der Waals surface area contributed by atoms with E-state index in [1.165, 1.54) is 12.1 Å². The van der Waals surface area contributed by atoms with Crippen molar-refractivity contribution in [1.29, 1.82) is 0 Å². The van der Waals surface area contributed by atoms with Gasteiger partial charge in [0, 0.05) is 18.0 Å². The zero-order valence-electron chi connectivity index (χ0n) is 8.42. The fraction of sp³-hybridized carbons (Fsp3) is 0.100. The monoisotopic (exact) mass is 220 g/mol. The van der Waals surface area contributed by atoms with E-state index in [1.807, 2.05) is 0 Å². The van der Waals surface area contributed by atoms with Crippen LogP contribution < -0.4 is 5.46 Å². The second kappa shape index (κ2) is 4.46. The highest BCUT2D eigenvalue weighted by molar-refractivity contribution is 6.58. The molecule has 0 unspecified atom stereocenters. The minimum absolute atomic E-state index is 0.140. The van der Waals surface area contributed by atoms with Crippen molar-refractivity contribution in [2.24, 2.45) is 0 Å². The largest absolute Gasteiger partial charge is 0.488 e. The van der Waals surface area contributed by atoms with Gasteiger partial charge in [-0.3, -0.25) is 4.68 Å². The van der Waals surface area contributed by atoms with E-state index >= 15 is 0 Å². The Hall–Kier alpha value is -1.66. The van der Waals surface area contributed by atoms with Crippen LogP contribution in [0, 0.1) is 5.82 Å². The third-order valence-corrected chi connectivity index (χ3v) is 2.27. The molecule has 2 aromatic rings. The van der Waals surface area contributed by atoms with E-state index in [1.54, 1.807) is 23.1 Å². The molecule has 6 heteroatoms. The van der Waals surface area contributed by atoms with Crippen LogP contribution in [-0.2, 0) is 6.54 Å².